The average Bonchev–Trinajstić information content (AvgIpc) is 2.74. The predicted molar refractivity (Wildman–Crippen MR) is 113 cm³/mol. The molecule has 27 heavy (non-hydrogen) atoms. The highest BCUT2D eigenvalue weighted by atomic mass is 32.2. The number of aliphatic imine (C=N–C) groups is 1. The summed E-state index contributed by atoms with van der Waals surface area (Å²) in [5, 5.41) is 0. The van der Waals surface area contributed by atoms with E-state index < -0.39 is 0 Å². The van der Waals surface area contributed by atoms with Crippen LogP contribution < -0.4 is 15.4 Å². The molecule has 0 fully saturated rings. The number of amidine groups is 1. The maximum Gasteiger partial charge on any atom is 0.129 e. The van der Waals surface area contributed by atoms with Gasteiger partial charge < -0.3 is 15.4 Å². The van der Waals surface area contributed by atoms with Crippen LogP contribution in [0.15, 0.2) is 82.7 Å². The number of rotatable bonds is 5. The molecule has 3 aromatic carbocycles. The maximum atomic E-state index is 6.12. The molecule has 5 heteroatoms. The summed E-state index contributed by atoms with van der Waals surface area (Å²) in [5.74, 6) is 1.44. The van der Waals surface area contributed by atoms with Gasteiger partial charge in [-0.3, -0.25) is 0 Å². The first kappa shape index (κ1) is 17.5. The first-order valence-electron chi connectivity index (χ1n) is 8.77. The molecular weight excluding hydrogens is 354 g/mol. The van der Waals surface area contributed by atoms with Crippen LogP contribution in [-0.2, 0) is 6.61 Å². The Morgan fingerprint density at radius 1 is 1.04 bits per heavy atom. The van der Waals surface area contributed by atoms with Gasteiger partial charge in [0.1, 0.15) is 24.9 Å². The van der Waals surface area contributed by atoms with Crippen molar-refractivity contribution in [1.82, 2.24) is 0 Å². The topological polar surface area (TPSA) is 50.8 Å². The lowest BCUT2D eigenvalue weighted by atomic mass is 10.1. The van der Waals surface area contributed by atoms with Crippen LogP contribution >= 0.6 is 11.8 Å². The lowest BCUT2D eigenvalue weighted by Gasteiger charge is -2.29. The smallest absolute Gasteiger partial charge is 0.129 e. The molecule has 1 heterocycles. The van der Waals surface area contributed by atoms with Gasteiger partial charge in [0.25, 0.3) is 0 Å². The van der Waals surface area contributed by atoms with Crippen LogP contribution in [0.5, 0.6) is 5.75 Å². The van der Waals surface area contributed by atoms with Crippen molar-refractivity contribution in [2.75, 3.05) is 17.8 Å². The summed E-state index contributed by atoms with van der Waals surface area (Å²) >= 11 is 1.70. The molecule has 0 unspecified atom stereocenters. The standard InChI is InChI=1S/C22H21N3OS/c1-27-19-11-12-21-20(13-19)22(23)24-15-25(21)17-7-9-18(10-8-17)26-14-16-5-3-2-4-6-16/h2-13H,14-15H2,1H3,(H2,23,24). The molecule has 3 aromatic rings. The van der Waals surface area contributed by atoms with Gasteiger partial charge in [0.05, 0.1) is 5.69 Å². The predicted octanol–water partition coefficient (Wildman–Crippen LogP) is 4.80. The fourth-order valence-electron chi connectivity index (χ4n) is 3.07. The van der Waals surface area contributed by atoms with Gasteiger partial charge >= 0.3 is 0 Å². The first-order valence-corrected chi connectivity index (χ1v) is 10.00. The molecule has 0 spiro atoms. The maximum absolute atomic E-state index is 6.12. The van der Waals surface area contributed by atoms with E-state index in [-0.39, 0.29) is 0 Å². The van der Waals surface area contributed by atoms with Gasteiger partial charge in [0, 0.05) is 16.1 Å². The minimum Gasteiger partial charge on any atom is -0.489 e. The van der Waals surface area contributed by atoms with Gasteiger partial charge in [-0.25, -0.2) is 4.99 Å². The van der Waals surface area contributed by atoms with Crippen LogP contribution in [0.1, 0.15) is 11.1 Å². The number of hydrogen-bond acceptors (Lipinski definition) is 5. The number of nitrogens with zero attached hydrogens (tertiary/aromatic N) is 2. The molecule has 0 saturated heterocycles. The highest BCUT2D eigenvalue weighted by Crippen LogP contribution is 2.34. The molecule has 0 aromatic heterocycles. The normalized spacial score (nSPS) is 13.1. The van der Waals surface area contributed by atoms with Crippen molar-refractivity contribution in [3.05, 3.63) is 83.9 Å². The number of hydrogen-bond donors (Lipinski definition) is 1. The number of ether oxygens (including phenoxy) is 1. The van der Waals surface area contributed by atoms with Gasteiger partial charge in [0.15, 0.2) is 0 Å². The summed E-state index contributed by atoms with van der Waals surface area (Å²) in [6, 6.07) is 24.6. The third-order valence-electron chi connectivity index (χ3n) is 4.55. The van der Waals surface area contributed by atoms with E-state index in [1.54, 1.807) is 11.8 Å². The number of anilines is 2. The zero-order valence-electron chi connectivity index (χ0n) is 15.1. The molecule has 0 saturated carbocycles. The second-order valence-corrected chi connectivity index (χ2v) is 7.14. The zero-order chi connectivity index (χ0) is 18.6. The number of thioether (sulfide) groups is 1. The van der Waals surface area contributed by atoms with Crippen molar-refractivity contribution >= 4 is 29.0 Å². The Hall–Kier alpha value is -2.92. The molecule has 0 amide bonds. The number of nitrogens with two attached hydrogens (primary N) is 1. The fourth-order valence-corrected chi connectivity index (χ4v) is 3.51. The molecule has 1 aliphatic heterocycles. The molecule has 0 atom stereocenters. The lowest BCUT2D eigenvalue weighted by Crippen LogP contribution is -2.29. The van der Waals surface area contributed by atoms with Crippen LogP contribution in [0.2, 0.25) is 0 Å². The Labute approximate surface area is 163 Å². The van der Waals surface area contributed by atoms with Crippen LogP contribution in [0, 0.1) is 0 Å². The van der Waals surface area contributed by atoms with E-state index in [0.717, 1.165) is 28.3 Å². The molecule has 4 nitrogen and oxygen atoms in total. The minimum atomic E-state index is 0.516. The van der Waals surface area contributed by atoms with E-state index in [2.05, 4.69) is 58.6 Å². The Bertz CT molecular complexity index is 955. The first-order chi connectivity index (χ1) is 13.2. The van der Waals surface area contributed by atoms with E-state index in [0.29, 0.717) is 19.1 Å². The quantitative estimate of drug-likeness (QED) is 0.651. The summed E-state index contributed by atoms with van der Waals surface area (Å²) in [6.07, 6.45) is 2.06. The van der Waals surface area contributed by atoms with Crippen LogP contribution in [0.4, 0.5) is 11.4 Å². The van der Waals surface area contributed by atoms with Crippen LogP contribution in [-0.4, -0.2) is 18.8 Å². The Morgan fingerprint density at radius 2 is 1.81 bits per heavy atom. The fraction of sp³-hybridized carbons (Fsp3) is 0.136. The van der Waals surface area contributed by atoms with E-state index in [4.69, 9.17) is 10.5 Å². The Morgan fingerprint density at radius 3 is 2.56 bits per heavy atom. The Balaban J connectivity index is 1.53. The monoisotopic (exact) mass is 375 g/mol. The number of fused-ring (bicyclic) bond motifs is 1. The van der Waals surface area contributed by atoms with Crippen LogP contribution in [0.3, 0.4) is 0 Å². The molecular formula is C22H21N3OS. The second-order valence-electron chi connectivity index (χ2n) is 6.26. The van der Waals surface area contributed by atoms with Gasteiger partial charge in [0.2, 0.25) is 0 Å². The summed E-state index contributed by atoms with van der Waals surface area (Å²) < 4.78 is 5.88. The van der Waals surface area contributed by atoms with Crippen molar-refractivity contribution in [3.8, 4) is 5.75 Å². The highest BCUT2D eigenvalue weighted by Gasteiger charge is 2.20. The van der Waals surface area contributed by atoms with Crippen molar-refractivity contribution in [2.45, 2.75) is 11.5 Å². The average molecular weight is 375 g/mol. The summed E-state index contributed by atoms with van der Waals surface area (Å²) in [6.45, 7) is 1.08. The van der Waals surface area contributed by atoms with E-state index in [1.807, 2.05) is 30.3 Å². The minimum absolute atomic E-state index is 0.516. The highest BCUT2D eigenvalue weighted by molar-refractivity contribution is 7.98. The molecule has 4 rings (SSSR count). The largest absolute Gasteiger partial charge is 0.489 e. The van der Waals surface area contributed by atoms with E-state index >= 15 is 0 Å². The second kappa shape index (κ2) is 7.76. The van der Waals surface area contributed by atoms with Crippen molar-refractivity contribution in [2.24, 2.45) is 10.7 Å². The van der Waals surface area contributed by atoms with E-state index in [9.17, 15) is 0 Å². The van der Waals surface area contributed by atoms with Crippen molar-refractivity contribution in [3.63, 3.8) is 0 Å². The Kier molecular flexibility index (Phi) is 5.03. The van der Waals surface area contributed by atoms with Crippen molar-refractivity contribution in [1.29, 1.82) is 0 Å². The molecule has 0 bridgehead atoms. The van der Waals surface area contributed by atoms with E-state index in [1.165, 1.54) is 4.90 Å². The van der Waals surface area contributed by atoms with Crippen LogP contribution in [0.25, 0.3) is 0 Å². The molecule has 0 aliphatic carbocycles. The summed E-state index contributed by atoms with van der Waals surface area (Å²) in [4.78, 5) is 7.83. The SMILES string of the molecule is CSc1ccc2c(c1)C(N)=NCN2c1ccc(OCc2ccccc2)cc1. The molecule has 136 valence electrons. The summed E-state index contributed by atoms with van der Waals surface area (Å²) in [7, 11) is 0. The molecule has 0 radical (unpaired) electrons. The van der Waals surface area contributed by atoms with Gasteiger partial charge in [-0.2, -0.15) is 0 Å². The van der Waals surface area contributed by atoms with Gasteiger partial charge in [-0.15, -0.1) is 11.8 Å². The van der Waals surface area contributed by atoms with Gasteiger partial charge in [-0.1, -0.05) is 30.3 Å². The number of benzene rings is 3. The van der Waals surface area contributed by atoms with Gasteiger partial charge in [-0.05, 0) is 54.3 Å². The molecule has 2 N–H and O–H groups in total. The zero-order valence-corrected chi connectivity index (χ0v) is 15.9. The lowest BCUT2D eigenvalue weighted by molar-refractivity contribution is 0.306. The summed E-state index contributed by atoms with van der Waals surface area (Å²) in [5.41, 5.74) is 10.4. The third kappa shape index (κ3) is 3.78. The third-order valence-corrected chi connectivity index (χ3v) is 5.28. The van der Waals surface area contributed by atoms with Crippen molar-refractivity contribution < 1.29 is 4.74 Å². The molecule has 1 aliphatic rings.